The molecule has 14 nitrogen and oxygen atoms in total. The molecule has 2 aliphatic carbocycles. The summed E-state index contributed by atoms with van der Waals surface area (Å²) in [6, 6.07) is 12.6. The Morgan fingerprint density at radius 1 is 0.879 bits per heavy atom. The van der Waals surface area contributed by atoms with Crippen LogP contribution in [0.4, 0.5) is 23.7 Å². The molecule has 312 valence electrons. The fourth-order valence-electron chi connectivity index (χ4n) is 7.93. The monoisotopic (exact) mass is 827 g/mol. The van der Waals surface area contributed by atoms with Crippen molar-refractivity contribution in [3.05, 3.63) is 82.3 Å². The largest absolute Gasteiger partial charge is 0.465 e. The van der Waals surface area contributed by atoms with Gasteiger partial charge in [0.1, 0.15) is 6.04 Å². The first-order valence-corrected chi connectivity index (χ1v) is 20.7. The van der Waals surface area contributed by atoms with Crippen molar-refractivity contribution >= 4 is 44.7 Å². The third kappa shape index (κ3) is 10.6. The predicted molar refractivity (Wildman–Crippen MR) is 212 cm³/mol. The maximum atomic E-state index is 14.5. The summed E-state index contributed by atoms with van der Waals surface area (Å²) in [6.45, 7) is 0.282. The molecule has 0 spiro atoms. The molecule has 0 bridgehead atoms. The van der Waals surface area contributed by atoms with Crippen molar-refractivity contribution in [1.29, 1.82) is 0 Å². The molecule has 0 saturated heterocycles. The van der Waals surface area contributed by atoms with E-state index in [2.05, 4.69) is 35.5 Å². The maximum absolute atomic E-state index is 14.5. The Morgan fingerprint density at radius 2 is 1.55 bits per heavy atom. The zero-order valence-corrected chi connectivity index (χ0v) is 32.9. The molecule has 58 heavy (non-hydrogen) atoms. The second-order valence-corrected chi connectivity index (χ2v) is 17.2. The van der Waals surface area contributed by atoms with Crippen molar-refractivity contribution in [2.45, 2.75) is 87.0 Å². The SMILES string of the molecule is CN(C)C1CCC(NS(=O)(=O)c2ccc(-c3ccc(C[C@H](NC(=O)[C@H]4CC[C@H](CNC(=O)O)CC4)C(=O)Nc4ccc5[nH]c(=O)[nH]c5c4)cc3)c(C(F)(F)F)c2)CC1. The number of alkyl halides is 3. The summed E-state index contributed by atoms with van der Waals surface area (Å²) in [5.74, 6) is -1.25. The number of nitrogens with zero attached hydrogens (tertiary/aromatic N) is 1. The summed E-state index contributed by atoms with van der Waals surface area (Å²) in [4.78, 5) is 56.8. The van der Waals surface area contributed by atoms with Crippen LogP contribution >= 0.6 is 0 Å². The van der Waals surface area contributed by atoms with Gasteiger partial charge in [0.25, 0.3) is 0 Å². The lowest BCUT2D eigenvalue weighted by Crippen LogP contribution is -2.48. The summed E-state index contributed by atoms with van der Waals surface area (Å²) in [5.41, 5.74) is 0.275. The Balaban J connectivity index is 1.19. The number of H-pyrrole nitrogens is 2. The number of carbonyl (C=O) groups excluding carboxylic acids is 2. The number of aromatic amines is 2. The fourth-order valence-corrected chi connectivity index (χ4v) is 9.26. The highest BCUT2D eigenvalue weighted by Gasteiger charge is 2.36. The van der Waals surface area contributed by atoms with E-state index in [1.807, 2.05) is 14.1 Å². The van der Waals surface area contributed by atoms with Crippen LogP contribution in [0.2, 0.25) is 0 Å². The molecule has 18 heteroatoms. The van der Waals surface area contributed by atoms with E-state index in [1.54, 1.807) is 30.3 Å². The van der Waals surface area contributed by atoms with Gasteiger partial charge >= 0.3 is 18.0 Å². The lowest BCUT2D eigenvalue weighted by atomic mass is 9.81. The number of fused-ring (bicyclic) bond motifs is 1. The standard InChI is InChI=1S/C40H48F3N7O7S/c1-50(2)29-14-11-27(12-15-29)49-58(56,57)30-16-17-31(32(21-30)40(41,42)43)25-7-3-23(4-8-25)19-35(37(52)45-28-13-18-33-34(20-28)48-38(53)47-33)46-36(51)26-9-5-24(6-10-26)22-44-39(54)55/h3-4,7-8,13,16-18,20-21,24,26-27,29,35,44,49H,5-6,9-12,14-15,19,22H2,1-2H3,(H,45,52)(H,46,51)(H,54,55)(H2,47,48,53)/t24-,26-,27?,29?,35-/m0/s1. The van der Waals surface area contributed by atoms with Gasteiger partial charge < -0.3 is 35.9 Å². The number of hydrogen-bond acceptors (Lipinski definition) is 7. The lowest BCUT2D eigenvalue weighted by Gasteiger charge is -2.32. The van der Waals surface area contributed by atoms with Gasteiger partial charge in [0.05, 0.1) is 21.5 Å². The number of benzene rings is 3. The summed E-state index contributed by atoms with van der Waals surface area (Å²) in [7, 11) is -0.329. The van der Waals surface area contributed by atoms with Crippen molar-refractivity contribution in [1.82, 2.24) is 30.2 Å². The summed E-state index contributed by atoms with van der Waals surface area (Å²) in [5, 5.41) is 16.9. The number of sulfonamides is 1. The molecule has 7 N–H and O–H groups in total. The second-order valence-electron chi connectivity index (χ2n) is 15.5. The second kappa shape index (κ2) is 17.7. The minimum absolute atomic E-state index is 0.0234. The van der Waals surface area contributed by atoms with Crippen LogP contribution in [0.3, 0.4) is 0 Å². The van der Waals surface area contributed by atoms with Crippen molar-refractivity contribution < 1.29 is 41.1 Å². The van der Waals surface area contributed by atoms with E-state index in [0.717, 1.165) is 18.9 Å². The van der Waals surface area contributed by atoms with Crippen LogP contribution in [-0.2, 0) is 32.2 Å². The molecule has 2 aliphatic rings. The number of amides is 3. The van der Waals surface area contributed by atoms with E-state index >= 15 is 0 Å². The highest BCUT2D eigenvalue weighted by atomic mass is 32.2. The number of halogens is 3. The lowest BCUT2D eigenvalue weighted by molar-refractivity contribution is -0.137. The Hall–Kier alpha value is -5.20. The van der Waals surface area contributed by atoms with Crippen molar-refractivity contribution in [3.8, 4) is 11.1 Å². The van der Waals surface area contributed by atoms with E-state index in [9.17, 15) is 40.8 Å². The third-order valence-corrected chi connectivity index (χ3v) is 12.8. The smallest absolute Gasteiger partial charge is 0.417 e. The van der Waals surface area contributed by atoms with E-state index in [-0.39, 0.29) is 42.0 Å². The zero-order valence-electron chi connectivity index (χ0n) is 32.1. The van der Waals surface area contributed by atoms with Gasteiger partial charge in [-0.1, -0.05) is 30.3 Å². The van der Waals surface area contributed by atoms with Gasteiger partial charge in [0.2, 0.25) is 21.8 Å². The minimum atomic E-state index is -4.88. The molecule has 3 aromatic carbocycles. The topological polar surface area (TPSA) is 206 Å². The van der Waals surface area contributed by atoms with E-state index in [4.69, 9.17) is 5.11 Å². The van der Waals surface area contributed by atoms with Crippen molar-refractivity contribution in [2.24, 2.45) is 11.8 Å². The average Bonchev–Trinajstić information content (AvgIpc) is 3.56. The van der Waals surface area contributed by atoms with Crippen molar-refractivity contribution in [3.63, 3.8) is 0 Å². The van der Waals surface area contributed by atoms with Gasteiger partial charge in [-0.25, -0.2) is 22.7 Å². The normalized spacial score (nSPS) is 20.7. The molecule has 0 unspecified atom stereocenters. The molecule has 1 heterocycles. The van der Waals surface area contributed by atoms with Crippen LogP contribution in [0.25, 0.3) is 22.2 Å². The van der Waals surface area contributed by atoms with Crippen LogP contribution < -0.4 is 26.4 Å². The first kappa shape index (κ1) is 42.4. The molecule has 4 aromatic rings. The molecule has 0 radical (unpaired) electrons. The molecule has 2 saturated carbocycles. The van der Waals surface area contributed by atoms with Crippen LogP contribution in [0, 0.1) is 11.8 Å². The molecular weight excluding hydrogens is 780 g/mol. The molecule has 6 rings (SSSR count). The number of nitrogens with one attached hydrogen (secondary N) is 6. The zero-order chi connectivity index (χ0) is 41.8. The van der Waals surface area contributed by atoms with Crippen LogP contribution in [-0.4, -0.2) is 85.1 Å². The number of rotatable bonds is 13. The van der Waals surface area contributed by atoms with Crippen molar-refractivity contribution in [2.75, 3.05) is 26.0 Å². The first-order chi connectivity index (χ1) is 27.4. The number of imidazole rings is 1. The first-order valence-electron chi connectivity index (χ1n) is 19.2. The summed E-state index contributed by atoms with van der Waals surface area (Å²) >= 11 is 0. The number of hydrogen-bond donors (Lipinski definition) is 7. The Morgan fingerprint density at radius 3 is 2.19 bits per heavy atom. The average molecular weight is 828 g/mol. The van der Waals surface area contributed by atoms with Gasteiger partial charge in [0.15, 0.2) is 0 Å². The van der Waals surface area contributed by atoms with Gasteiger partial charge in [-0.3, -0.25) is 9.59 Å². The molecule has 1 atom stereocenters. The quantitative estimate of drug-likeness (QED) is 0.0923. The number of carboxylic acid groups (broad SMARTS) is 1. The Labute approximate surface area is 333 Å². The number of anilines is 1. The predicted octanol–water partition coefficient (Wildman–Crippen LogP) is 5.43. The molecule has 2 fully saturated rings. The maximum Gasteiger partial charge on any atom is 0.417 e. The number of aromatic nitrogens is 2. The van der Waals surface area contributed by atoms with Gasteiger partial charge in [-0.05, 0) is 118 Å². The molecule has 1 aromatic heterocycles. The number of carbonyl (C=O) groups is 3. The molecule has 0 aliphatic heterocycles. The van der Waals surface area contributed by atoms with Crippen LogP contribution in [0.1, 0.15) is 62.5 Å². The fraction of sp³-hybridized carbons (Fsp3) is 0.450. The van der Waals surface area contributed by atoms with E-state index < -0.39 is 56.3 Å². The molecule has 3 amide bonds. The summed E-state index contributed by atoms with van der Waals surface area (Å²) < 4.78 is 72.6. The van der Waals surface area contributed by atoms with Gasteiger partial charge in [-0.2, -0.15) is 13.2 Å². The van der Waals surface area contributed by atoms with Crippen LogP contribution in [0.5, 0.6) is 0 Å². The highest BCUT2D eigenvalue weighted by molar-refractivity contribution is 7.89. The van der Waals surface area contributed by atoms with Gasteiger partial charge in [-0.15, -0.1) is 0 Å². The summed E-state index contributed by atoms with van der Waals surface area (Å²) in [6.07, 6.45) is -1.11. The Bertz CT molecular complexity index is 2280. The van der Waals surface area contributed by atoms with E-state index in [1.165, 1.54) is 18.2 Å². The molecular formula is C40H48F3N7O7S. The highest BCUT2D eigenvalue weighted by Crippen LogP contribution is 2.39. The Kier molecular flexibility index (Phi) is 13.0. The van der Waals surface area contributed by atoms with E-state index in [0.29, 0.717) is 72.9 Å². The third-order valence-electron chi connectivity index (χ3n) is 11.2. The van der Waals surface area contributed by atoms with Gasteiger partial charge in [0, 0.05) is 36.7 Å². The van der Waals surface area contributed by atoms with Crippen LogP contribution in [0.15, 0.2) is 70.4 Å². The minimum Gasteiger partial charge on any atom is -0.465 e.